The second kappa shape index (κ2) is 8.14. The monoisotopic (exact) mass is 312 g/mol. The fraction of sp³-hybridized carbons (Fsp3) is 0.647. The van der Waals surface area contributed by atoms with Crippen molar-refractivity contribution in [2.24, 2.45) is 0 Å². The van der Waals surface area contributed by atoms with E-state index in [9.17, 15) is 5.11 Å². The van der Waals surface area contributed by atoms with Gasteiger partial charge in [0.05, 0.1) is 25.4 Å². The van der Waals surface area contributed by atoms with E-state index >= 15 is 0 Å². The minimum Gasteiger partial charge on any atom is -0.385 e. The third kappa shape index (κ3) is 4.96. The van der Waals surface area contributed by atoms with Gasteiger partial charge in [0.1, 0.15) is 13.1 Å². The summed E-state index contributed by atoms with van der Waals surface area (Å²) in [5, 5.41) is 11.9. The summed E-state index contributed by atoms with van der Waals surface area (Å²) in [5.74, 6) is 0. The Morgan fingerprint density at radius 3 is 2.48 bits per heavy atom. The Labute approximate surface area is 132 Å². The molecule has 21 heavy (non-hydrogen) atoms. The van der Waals surface area contributed by atoms with Crippen LogP contribution in [0.2, 0.25) is 5.02 Å². The largest absolute Gasteiger partial charge is 0.385 e. The van der Waals surface area contributed by atoms with Crippen molar-refractivity contribution in [3.8, 4) is 0 Å². The lowest BCUT2D eigenvalue weighted by Gasteiger charge is -2.32. The second-order valence-corrected chi connectivity index (χ2v) is 6.44. The molecule has 3 nitrogen and oxygen atoms in total. The number of benzene rings is 1. The van der Waals surface area contributed by atoms with Gasteiger partial charge in [0.2, 0.25) is 0 Å². The number of unbranched alkanes of at least 4 members (excludes halogenated alkanes) is 1. The molecular weight excluding hydrogens is 286 g/mol. The predicted molar refractivity (Wildman–Crippen MR) is 85.9 cm³/mol. The van der Waals surface area contributed by atoms with Crippen molar-refractivity contribution in [1.29, 1.82) is 0 Å². The molecule has 1 aliphatic heterocycles. The van der Waals surface area contributed by atoms with Crippen molar-refractivity contribution in [3.63, 3.8) is 0 Å². The molecule has 1 heterocycles. The van der Waals surface area contributed by atoms with Crippen LogP contribution < -0.4 is 4.90 Å². The zero-order chi connectivity index (χ0) is 15.1. The van der Waals surface area contributed by atoms with Crippen molar-refractivity contribution in [2.45, 2.75) is 38.2 Å². The van der Waals surface area contributed by atoms with E-state index in [-0.39, 0.29) is 0 Å². The van der Waals surface area contributed by atoms with E-state index in [1.807, 2.05) is 24.3 Å². The Morgan fingerprint density at radius 1 is 1.19 bits per heavy atom. The maximum atomic E-state index is 11.1. The van der Waals surface area contributed by atoms with Crippen molar-refractivity contribution in [3.05, 3.63) is 34.9 Å². The quantitative estimate of drug-likeness (QED) is 0.808. The molecule has 4 heteroatoms. The first-order valence-corrected chi connectivity index (χ1v) is 8.41. The topological polar surface area (TPSA) is 33.9 Å². The van der Waals surface area contributed by atoms with Crippen LogP contribution in [0.15, 0.2) is 24.3 Å². The number of aliphatic hydroxyl groups is 1. The summed E-state index contributed by atoms with van der Waals surface area (Å²) < 4.78 is 5.40. The van der Waals surface area contributed by atoms with Gasteiger partial charge < -0.3 is 14.7 Å². The molecule has 0 spiro atoms. The lowest BCUT2D eigenvalue weighted by molar-refractivity contribution is -0.909. The van der Waals surface area contributed by atoms with Crippen molar-refractivity contribution < 1.29 is 14.7 Å². The maximum Gasteiger partial charge on any atom is 0.101 e. The highest BCUT2D eigenvalue weighted by molar-refractivity contribution is 6.30. The van der Waals surface area contributed by atoms with Crippen LogP contribution in [0.4, 0.5) is 0 Å². The van der Waals surface area contributed by atoms with E-state index in [4.69, 9.17) is 16.3 Å². The molecular formula is C17H27ClNO2+. The number of hydrogen-bond donors (Lipinski definition) is 2. The van der Waals surface area contributed by atoms with Crippen LogP contribution in [0, 0.1) is 0 Å². The van der Waals surface area contributed by atoms with Gasteiger partial charge in [-0.25, -0.2) is 0 Å². The number of ether oxygens (including phenoxy) is 1. The zero-order valence-electron chi connectivity index (χ0n) is 12.9. The van der Waals surface area contributed by atoms with Crippen LogP contribution in [0.1, 0.15) is 38.2 Å². The molecule has 0 aliphatic carbocycles. The number of morpholine rings is 1. The van der Waals surface area contributed by atoms with Crippen molar-refractivity contribution in [2.75, 3.05) is 32.8 Å². The summed E-state index contributed by atoms with van der Waals surface area (Å²) in [4.78, 5) is 1.53. The molecule has 1 aromatic carbocycles. The first-order chi connectivity index (χ1) is 10.1. The first-order valence-electron chi connectivity index (χ1n) is 8.04. The molecule has 1 saturated heterocycles. The zero-order valence-corrected chi connectivity index (χ0v) is 13.7. The van der Waals surface area contributed by atoms with E-state index in [0.29, 0.717) is 0 Å². The maximum absolute atomic E-state index is 11.1. The average Bonchev–Trinajstić information content (AvgIpc) is 2.52. The molecule has 0 unspecified atom stereocenters. The van der Waals surface area contributed by atoms with E-state index in [0.717, 1.165) is 69.1 Å². The summed E-state index contributed by atoms with van der Waals surface area (Å²) in [6, 6.07) is 7.67. The van der Waals surface area contributed by atoms with E-state index < -0.39 is 5.60 Å². The molecule has 0 amide bonds. The van der Waals surface area contributed by atoms with Crippen LogP contribution >= 0.6 is 11.6 Å². The Morgan fingerprint density at radius 2 is 1.86 bits per heavy atom. The number of quaternary nitrogens is 1. The van der Waals surface area contributed by atoms with Gasteiger partial charge in [-0.2, -0.15) is 0 Å². The summed E-state index contributed by atoms with van der Waals surface area (Å²) in [6.07, 6.45) is 3.75. The van der Waals surface area contributed by atoms with E-state index in [2.05, 4.69) is 6.92 Å². The van der Waals surface area contributed by atoms with E-state index in [1.54, 1.807) is 0 Å². The van der Waals surface area contributed by atoms with Crippen LogP contribution in [0.5, 0.6) is 0 Å². The molecule has 1 aliphatic rings. The lowest BCUT2D eigenvalue weighted by atomic mass is 9.85. The highest BCUT2D eigenvalue weighted by Crippen LogP contribution is 2.31. The molecule has 1 fully saturated rings. The fourth-order valence-electron chi connectivity index (χ4n) is 2.94. The molecule has 0 radical (unpaired) electrons. The minimum atomic E-state index is -0.730. The highest BCUT2D eigenvalue weighted by Gasteiger charge is 2.30. The molecule has 0 aromatic heterocycles. The van der Waals surface area contributed by atoms with Gasteiger partial charge in [-0.05, 0) is 24.1 Å². The highest BCUT2D eigenvalue weighted by atomic mass is 35.5. The predicted octanol–water partition coefficient (Wildman–Crippen LogP) is 2.02. The minimum absolute atomic E-state index is 0.718. The standard InChI is InChI=1S/C17H26ClNO2/c1-2-3-8-17(20,15-4-6-16(18)7-5-15)9-10-19-11-13-21-14-12-19/h4-7,20H,2-3,8-14H2,1H3/p+1/t17-/m0/s1. The Balaban J connectivity index is 2.02. The molecule has 0 saturated carbocycles. The first kappa shape index (κ1) is 16.8. The van der Waals surface area contributed by atoms with Gasteiger partial charge in [-0.3, -0.25) is 0 Å². The Kier molecular flexibility index (Phi) is 6.49. The van der Waals surface area contributed by atoms with Crippen LogP contribution in [-0.4, -0.2) is 38.0 Å². The summed E-state index contributed by atoms with van der Waals surface area (Å²) in [6.45, 7) is 6.92. The van der Waals surface area contributed by atoms with Gasteiger partial charge in [-0.1, -0.05) is 43.5 Å². The van der Waals surface area contributed by atoms with Crippen LogP contribution in [-0.2, 0) is 10.3 Å². The van der Waals surface area contributed by atoms with Gasteiger partial charge in [0, 0.05) is 11.4 Å². The number of rotatable bonds is 7. The molecule has 1 atom stereocenters. The SMILES string of the molecule is CCCC[C@](O)(CC[NH+]1CCOCC1)c1ccc(Cl)cc1. The van der Waals surface area contributed by atoms with Gasteiger partial charge >= 0.3 is 0 Å². The number of halogens is 1. The third-order valence-corrected chi connectivity index (χ3v) is 4.67. The molecule has 2 N–H and O–H groups in total. The second-order valence-electron chi connectivity index (χ2n) is 6.00. The third-order valence-electron chi connectivity index (χ3n) is 4.42. The summed E-state index contributed by atoms with van der Waals surface area (Å²) in [5.41, 5.74) is 0.263. The van der Waals surface area contributed by atoms with Gasteiger partial charge in [-0.15, -0.1) is 0 Å². The van der Waals surface area contributed by atoms with Crippen molar-refractivity contribution in [1.82, 2.24) is 0 Å². The molecule has 0 bridgehead atoms. The average molecular weight is 313 g/mol. The smallest absolute Gasteiger partial charge is 0.101 e. The van der Waals surface area contributed by atoms with Gasteiger partial charge in [0.25, 0.3) is 0 Å². The summed E-state index contributed by atoms with van der Waals surface area (Å²) in [7, 11) is 0. The van der Waals surface area contributed by atoms with E-state index in [1.165, 1.54) is 4.90 Å². The Bertz CT molecular complexity index is 417. The normalized spacial score (nSPS) is 19.4. The van der Waals surface area contributed by atoms with Gasteiger partial charge in [0.15, 0.2) is 0 Å². The molecule has 1 aromatic rings. The van der Waals surface area contributed by atoms with Crippen molar-refractivity contribution >= 4 is 11.6 Å². The van der Waals surface area contributed by atoms with Crippen LogP contribution in [0.3, 0.4) is 0 Å². The number of hydrogen-bond acceptors (Lipinski definition) is 2. The fourth-order valence-corrected chi connectivity index (χ4v) is 3.06. The Hall–Kier alpha value is -0.610. The molecule has 118 valence electrons. The lowest BCUT2D eigenvalue weighted by Crippen LogP contribution is -3.14. The number of nitrogens with one attached hydrogen (secondary N) is 1. The van der Waals surface area contributed by atoms with Crippen LogP contribution in [0.25, 0.3) is 0 Å². The summed E-state index contributed by atoms with van der Waals surface area (Å²) >= 11 is 5.97. The molecule has 2 rings (SSSR count).